The molecule has 3 aromatic rings. The molecule has 0 aromatic carbocycles. The number of nitrogens with one attached hydrogen (secondary N) is 1. The third kappa shape index (κ3) is 2.33. The maximum absolute atomic E-state index is 4.89. The molecule has 0 aliphatic carbocycles. The Labute approximate surface area is 110 Å². The maximum atomic E-state index is 4.89. The molecule has 7 nitrogen and oxygen atoms in total. The zero-order valence-corrected chi connectivity index (χ0v) is 10.8. The van der Waals surface area contributed by atoms with Crippen LogP contribution in [-0.2, 0) is 6.42 Å². The number of rotatable bonds is 4. The van der Waals surface area contributed by atoms with Gasteiger partial charge in [0.25, 0.3) is 0 Å². The van der Waals surface area contributed by atoms with Crippen molar-refractivity contribution in [2.24, 2.45) is 0 Å². The molecule has 3 heterocycles. The number of hydrogen-bond acceptors (Lipinski definition) is 6. The maximum Gasteiger partial charge on any atom is 0.243 e. The molecule has 8 heteroatoms. The van der Waals surface area contributed by atoms with Crippen molar-refractivity contribution in [2.45, 2.75) is 6.42 Å². The van der Waals surface area contributed by atoms with Gasteiger partial charge in [-0.2, -0.15) is 9.97 Å². The Balaban J connectivity index is 1.67. The molecule has 0 radical (unpaired) electrons. The molecule has 0 unspecified atom stereocenters. The van der Waals surface area contributed by atoms with Gasteiger partial charge in [0.15, 0.2) is 12.0 Å². The lowest BCUT2D eigenvalue weighted by atomic mass is 10.4. The Hall–Kier alpha value is -1.96. The molecule has 0 spiro atoms. The molecule has 0 amide bonds. The lowest BCUT2D eigenvalue weighted by Crippen LogP contribution is -2.06. The fraction of sp³-hybridized carbons (Fsp3) is 0.200. The van der Waals surface area contributed by atoms with E-state index >= 15 is 0 Å². The monoisotopic (exact) mass is 308 g/mol. The molecule has 0 fully saturated rings. The molecule has 0 aliphatic rings. The van der Waals surface area contributed by atoms with Crippen LogP contribution in [0.5, 0.6) is 0 Å². The van der Waals surface area contributed by atoms with Crippen molar-refractivity contribution in [2.75, 3.05) is 11.9 Å². The molecule has 0 atom stereocenters. The van der Waals surface area contributed by atoms with E-state index in [-0.39, 0.29) is 0 Å². The molecule has 1 N–H and O–H groups in total. The number of fused-ring (bicyclic) bond motifs is 1. The summed E-state index contributed by atoms with van der Waals surface area (Å²) in [5.41, 5.74) is 0.790. The Bertz CT molecular complexity index is 649. The predicted octanol–water partition coefficient (Wildman–Crippen LogP) is 1.53. The second kappa shape index (κ2) is 4.73. The summed E-state index contributed by atoms with van der Waals surface area (Å²) in [6.45, 7) is 0.639. The van der Waals surface area contributed by atoms with E-state index < -0.39 is 0 Å². The first-order valence-corrected chi connectivity index (χ1v) is 6.12. The molecule has 0 saturated heterocycles. The first kappa shape index (κ1) is 11.1. The van der Waals surface area contributed by atoms with Gasteiger partial charge in [0.05, 0.1) is 0 Å². The summed E-state index contributed by atoms with van der Waals surface area (Å²) in [7, 11) is 0. The quantitative estimate of drug-likeness (QED) is 0.787. The summed E-state index contributed by atoms with van der Waals surface area (Å²) in [5.74, 6) is 1.17. The zero-order chi connectivity index (χ0) is 12.4. The summed E-state index contributed by atoms with van der Waals surface area (Å²) in [6.07, 6.45) is 3.88. The summed E-state index contributed by atoms with van der Waals surface area (Å²) in [6, 6.07) is 3.81. The van der Waals surface area contributed by atoms with Crippen LogP contribution in [0.4, 0.5) is 5.95 Å². The predicted molar refractivity (Wildman–Crippen MR) is 67.2 cm³/mol. The fourth-order valence-corrected chi connectivity index (χ4v) is 1.85. The second-order valence-corrected chi connectivity index (χ2v) is 4.51. The number of aromatic nitrogens is 5. The average Bonchev–Trinajstić information content (AvgIpc) is 2.97. The summed E-state index contributed by atoms with van der Waals surface area (Å²) in [5, 5.41) is 10.9. The Morgan fingerprint density at radius 2 is 2.33 bits per heavy atom. The van der Waals surface area contributed by atoms with Gasteiger partial charge in [-0.1, -0.05) is 5.16 Å². The van der Waals surface area contributed by atoms with Crippen molar-refractivity contribution < 1.29 is 4.52 Å². The third-order valence-electron chi connectivity index (χ3n) is 2.32. The number of anilines is 1. The molecule has 0 bridgehead atoms. The zero-order valence-electron chi connectivity index (χ0n) is 9.25. The third-order valence-corrected chi connectivity index (χ3v) is 2.79. The largest absolute Gasteiger partial charge is 0.352 e. The Morgan fingerprint density at radius 1 is 1.39 bits per heavy atom. The SMILES string of the molecule is Brc1ccc2nc(NCCc3ncno3)nn2c1. The van der Waals surface area contributed by atoms with Gasteiger partial charge in [0.2, 0.25) is 11.8 Å². The number of nitrogens with zero attached hydrogens (tertiary/aromatic N) is 5. The van der Waals surface area contributed by atoms with Crippen molar-refractivity contribution in [3.05, 3.63) is 35.0 Å². The minimum Gasteiger partial charge on any atom is -0.352 e. The van der Waals surface area contributed by atoms with E-state index in [4.69, 9.17) is 4.52 Å². The molecular weight excluding hydrogens is 300 g/mol. The van der Waals surface area contributed by atoms with Crippen molar-refractivity contribution in [1.82, 2.24) is 24.7 Å². The molecule has 92 valence electrons. The minimum atomic E-state index is 0.576. The summed E-state index contributed by atoms with van der Waals surface area (Å²) < 4.78 is 7.56. The van der Waals surface area contributed by atoms with E-state index in [1.54, 1.807) is 4.52 Å². The van der Waals surface area contributed by atoms with Gasteiger partial charge in [0, 0.05) is 23.6 Å². The smallest absolute Gasteiger partial charge is 0.243 e. The second-order valence-electron chi connectivity index (χ2n) is 3.60. The molecule has 18 heavy (non-hydrogen) atoms. The first-order chi connectivity index (χ1) is 8.81. The Kier molecular flexibility index (Phi) is 2.93. The lowest BCUT2D eigenvalue weighted by Gasteiger charge is -1.96. The molecule has 3 rings (SSSR count). The van der Waals surface area contributed by atoms with Gasteiger partial charge in [-0.15, -0.1) is 5.10 Å². The van der Waals surface area contributed by atoms with E-state index in [0.29, 0.717) is 24.8 Å². The van der Waals surface area contributed by atoms with Crippen LogP contribution < -0.4 is 5.32 Å². The molecule has 0 aliphatic heterocycles. The van der Waals surface area contributed by atoms with Gasteiger partial charge < -0.3 is 9.84 Å². The van der Waals surface area contributed by atoms with E-state index in [1.807, 2.05) is 18.3 Å². The first-order valence-electron chi connectivity index (χ1n) is 5.32. The van der Waals surface area contributed by atoms with Crippen LogP contribution in [0.25, 0.3) is 5.65 Å². The fourth-order valence-electron chi connectivity index (χ4n) is 1.52. The van der Waals surface area contributed by atoms with Crippen molar-refractivity contribution in [1.29, 1.82) is 0 Å². The minimum absolute atomic E-state index is 0.576. The van der Waals surface area contributed by atoms with Gasteiger partial charge in [-0.3, -0.25) is 0 Å². The number of halogens is 1. The highest BCUT2D eigenvalue weighted by atomic mass is 79.9. The average molecular weight is 309 g/mol. The number of pyridine rings is 1. The van der Waals surface area contributed by atoms with Gasteiger partial charge in [-0.05, 0) is 28.1 Å². The molecular formula is C10H9BrN6O. The van der Waals surface area contributed by atoms with Crippen LogP contribution in [0.15, 0.2) is 33.7 Å². The van der Waals surface area contributed by atoms with E-state index in [9.17, 15) is 0 Å². The van der Waals surface area contributed by atoms with E-state index in [2.05, 4.69) is 41.5 Å². The van der Waals surface area contributed by atoms with Crippen LogP contribution in [0.2, 0.25) is 0 Å². The van der Waals surface area contributed by atoms with Gasteiger partial charge in [-0.25, -0.2) is 4.52 Å². The van der Waals surface area contributed by atoms with Crippen molar-refractivity contribution in [3.8, 4) is 0 Å². The van der Waals surface area contributed by atoms with Crippen LogP contribution in [0.1, 0.15) is 5.89 Å². The van der Waals surface area contributed by atoms with Crippen LogP contribution in [-0.4, -0.2) is 31.3 Å². The summed E-state index contributed by atoms with van der Waals surface area (Å²) in [4.78, 5) is 8.26. The standard InChI is InChI=1S/C10H9BrN6O/c11-7-1-2-8-15-10(16-17(8)5-7)12-4-3-9-13-6-14-18-9/h1-2,5-6H,3-4H2,(H,12,16). The van der Waals surface area contributed by atoms with Gasteiger partial charge in [0.1, 0.15) is 0 Å². The lowest BCUT2D eigenvalue weighted by molar-refractivity contribution is 0.379. The molecule has 0 saturated carbocycles. The highest BCUT2D eigenvalue weighted by Crippen LogP contribution is 2.12. The van der Waals surface area contributed by atoms with E-state index in [0.717, 1.165) is 10.1 Å². The van der Waals surface area contributed by atoms with Crippen LogP contribution in [0, 0.1) is 0 Å². The van der Waals surface area contributed by atoms with Crippen LogP contribution in [0.3, 0.4) is 0 Å². The topological polar surface area (TPSA) is 81.1 Å². The van der Waals surface area contributed by atoms with Gasteiger partial charge >= 0.3 is 0 Å². The highest BCUT2D eigenvalue weighted by molar-refractivity contribution is 9.10. The van der Waals surface area contributed by atoms with E-state index in [1.165, 1.54) is 6.33 Å². The normalized spacial score (nSPS) is 10.9. The van der Waals surface area contributed by atoms with Crippen molar-refractivity contribution in [3.63, 3.8) is 0 Å². The molecule has 3 aromatic heterocycles. The van der Waals surface area contributed by atoms with Crippen molar-refractivity contribution >= 4 is 27.5 Å². The Morgan fingerprint density at radius 3 is 3.17 bits per heavy atom. The van der Waals surface area contributed by atoms with Crippen LogP contribution >= 0.6 is 15.9 Å². The summed E-state index contributed by atoms with van der Waals surface area (Å²) >= 11 is 3.38. The highest BCUT2D eigenvalue weighted by Gasteiger charge is 2.04. The number of hydrogen-bond donors (Lipinski definition) is 1.